The van der Waals surface area contributed by atoms with Crippen molar-refractivity contribution in [3.05, 3.63) is 64.9 Å². The topological polar surface area (TPSA) is 71.9 Å². The summed E-state index contributed by atoms with van der Waals surface area (Å²) in [5.74, 6) is 1.53. The number of amides is 1. The summed E-state index contributed by atoms with van der Waals surface area (Å²) in [5, 5.41) is 10.4. The van der Waals surface area contributed by atoms with Crippen LogP contribution in [0.25, 0.3) is 11.4 Å². The van der Waals surface area contributed by atoms with Crippen molar-refractivity contribution in [2.45, 2.75) is 44.1 Å². The summed E-state index contributed by atoms with van der Waals surface area (Å²) in [6.45, 7) is 1.15. The van der Waals surface area contributed by atoms with E-state index in [2.05, 4.69) is 39.8 Å². The van der Waals surface area contributed by atoms with E-state index in [1.807, 2.05) is 34.9 Å². The van der Waals surface area contributed by atoms with E-state index in [4.69, 9.17) is 17.0 Å². The molecule has 7 heteroatoms. The van der Waals surface area contributed by atoms with E-state index in [9.17, 15) is 4.79 Å². The van der Waals surface area contributed by atoms with E-state index >= 15 is 0 Å². The molecular weight excluding hydrogens is 408 g/mol. The van der Waals surface area contributed by atoms with Gasteiger partial charge in [-0.15, -0.1) is 0 Å². The van der Waals surface area contributed by atoms with Crippen molar-refractivity contribution in [2.75, 3.05) is 13.7 Å². The standard InChI is InChI=1S/C24H28N4O2S/c1-30-20-11-9-18(10-12-20)22-26-27-23(31)28(22)16-13-21(29)25-17-24(14-5-6-15-24)19-7-3-2-4-8-19/h2-4,7-12H,5-6,13-17H2,1H3,(H,25,29)(H,27,31). The van der Waals surface area contributed by atoms with Crippen LogP contribution in [0.2, 0.25) is 0 Å². The number of carbonyl (C=O) groups excluding carboxylic acids is 1. The van der Waals surface area contributed by atoms with Crippen molar-refractivity contribution in [1.82, 2.24) is 20.1 Å². The highest BCUT2D eigenvalue weighted by atomic mass is 32.1. The maximum absolute atomic E-state index is 12.7. The summed E-state index contributed by atoms with van der Waals surface area (Å²) in [7, 11) is 1.64. The number of nitrogens with zero attached hydrogens (tertiary/aromatic N) is 2. The fourth-order valence-corrected chi connectivity index (χ4v) is 4.69. The fourth-order valence-electron chi connectivity index (χ4n) is 4.47. The Labute approximate surface area is 187 Å². The lowest BCUT2D eigenvalue weighted by atomic mass is 9.79. The van der Waals surface area contributed by atoms with Crippen LogP contribution in [0.4, 0.5) is 0 Å². The fraction of sp³-hybridized carbons (Fsp3) is 0.375. The largest absolute Gasteiger partial charge is 0.497 e. The van der Waals surface area contributed by atoms with Crippen LogP contribution in [0.1, 0.15) is 37.7 Å². The summed E-state index contributed by atoms with van der Waals surface area (Å²) < 4.78 is 7.60. The summed E-state index contributed by atoms with van der Waals surface area (Å²) in [6, 6.07) is 18.2. The molecule has 2 N–H and O–H groups in total. The summed E-state index contributed by atoms with van der Waals surface area (Å²) >= 11 is 5.40. The normalized spacial score (nSPS) is 15.0. The Balaban J connectivity index is 1.40. The van der Waals surface area contributed by atoms with E-state index in [0.717, 1.165) is 30.0 Å². The quantitative estimate of drug-likeness (QED) is 0.505. The van der Waals surface area contributed by atoms with Crippen LogP contribution in [0.5, 0.6) is 5.75 Å². The van der Waals surface area contributed by atoms with Crippen molar-refractivity contribution < 1.29 is 9.53 Å². The monoisotopic (exact) mass is 436 g/mol. The zero-order valence-electron chi connectivity index (χ0n) is 17.8. The average Bonchev–Trinajstić information content (AvgIpc) is 3.44. The van der Waals surface area contributed by atoms with E-state index in [1.54, 1.807) is 7.11 Å². The Bertz CT molecular complexity index is 1070. The maximum atomic E-state index is 12.7. The van der Waals surface area contributed by atoms with Gasteiger partial charge < -0.3 is 10.1 Å². The molecule has 1 aliphatic rings. The van der Waals surface area contributed by atoms with Crippen LogP contribution in [0.15, 0.2) is 54.6 Å². The Morgan fingerprint density at radius 3 is 2.55 bits per heavy atom. The van der Waals surface area contributed by atoms with Crippen molar-refractivity contribution >= 4 is 18.1 Å². The second-order valence-electron chi connectivity index (χ2n) is 8.11. The molecule has 1 saturated carbocycles. The lowest BCUT2D eigenvalue weighted by molar-refractivity contribution is -0.121. The minimum atomic E-state index is 0.0333. The molecule has 0 radical (unpaired) electrons. The molecule has 0 atom stereocenters. The third kappa shape index (κ3) is 4.71. The van der Waals surface area contributed by atoms with Gasteiger partial charge in [0.15, 0.2) is 10.6 Å². The molecule has 3 aromatic rings. The van der Waals surface area contributed by atoms with Gasteiger partial charge in [0.05, 0.1) is 7.11 Å². The third-order valence-electron chi connectivity index (χ3n) is 6.24. The molecule has 162 valence electrons. The predicted octanol–water partition coefficient (Wildman–Crippen LogP) is 4.63. The number of methoxy groups -OCH3 is 1. The van der Waals surface area contributed by atoms with Crippen LogP contribution < -0.4 is 10.1 Å². The zero-order valence-corrected chi connectivity index (χ0v) is 18.6. The minimum Gasteiger partial charge on any atom is -0.497 e. The number of rotatable bonds is 8. The van der Waals surface area contributed by atoms with Gasteiger partial charge in [0.25, 0.3) is 0 Å². The highest BCUT2D eigenvalue weighted by molar-refractivity contribution is 7.71. The number of ether oxygens (including phenoxy) is 1. The van der Waals surface area contributed by atoms with Gasteiger partial charge in [-0.05, 0) is 54.9 Å². The second kappa shape index (κ2) is 9.47. The maximum Gasteiger partial charge on any atom is 0.221 e. The van der Waals surface area contributed by atoms with Gasteiger partial charge in [-0.25, -0.2) is 0 Å². The van der Waals surface area contributed by atoms with Crippen LogP contribution in [0, 0.1) is 4.77 Å². The van der Waals surface area contributed by atoms with Gasteiger partial charge >= 0.3 is 0 Å². The Morgan fingerprint density at radius 1 is 1.16 bits per heavy atom. The number of H-pyrrole nitrogens is 1. The van der Waals surface area contributed by atoms with Crippen molar-refractivity contribution in [3.8, 4) is 17.1 Å². The highest BCUT2D eigenvalue weighted by Gasteiger charge is 2.35. The molecule has 6 nitrogen and oxygen atoms in total. The molecule has 1 aromatic heterocycles. The van der Waals surface area contributed by atoms with Crippen LogP contribution >= 0.6 is 12.2 Å². The molecule has 0 aliphatic heterocycles. The van der Waals surface area contributed by atoms with Gasteiger partial charge in [-0.1, -0.05) is 43.2 Å². The highest BCUT2D eigenvalue weighted by Crippen LogP contribution is 2.40. The van der Waals surface area contributed by atoms with Gasteiger partial charge in [0.2, 0.25) is 5.91 Å². The lowest BCUT2D eigenvalue weighted by Gasteiger charge is -2.30. The molecule has 0 spiro atoms. The van der Waals surface area contributed by atoms with Gasteiger partial charge in [0, 0.05) is 30.5 Å². The third-order valence-corrected chi connectivity index (χ3v) is 6.55. The summed E-state index contributed by atoms with van der Waals surface area (Å²) in [6.07, 6.45) is 5.00. The number of aromatic nitrogens is 3. The second-order valence-corrected chi connectivity index (χ2v) is 8.50. The molecule has 2 aromatic carbocycles. The van der Waals surface area contributed by atoms with E-state index in [0.29, 0.717) is 24.3 Å². The summed E-state index contributed by atoms with van der Waals surface area (Å²) in [5.41, 5.74) is 2.30. The van der Waals surface area contributed by atoms with E-state index in [1.165, 1.54) is 18.4 Å². The molecule has 0 unspecified atom stereocenters. The Kier molecular flexibility index (Phi) is 6.51. The smallest absolute Gasteiger partial charge is 0.221 e. The molecular formula is C24H28N4O2S. The first-order chi connectivity index (χ1) is 15.1. The summed E-state index contributed by atoms with van der Waals surface area (Å²) in [4.78, 5) is 12.7. The van der Waals surface area contributed by atoms with Crippen molar-refractivity contribution in [2.24, 2.45) is 0 Å². The Hall–Kier alpha value is -2.93. The average molecular weight is 437 g/mol. The number of hydrogen-bond acceptors (Lipinski definition) is 4. The molecule has 0 bridgehead atoms. The van der Waals surface area contributed by atoms with Crippen molar-refractivity contribution in [3.63, 3.8) is 0 Å². The van der Waals surface area contributed by atoms with Gasteiger partial charge in [0.1, 0.15) is 5.75 Å². The predicted molar refractivity (Wildman–Crippen MR) is 124 cm³/mol. The van der Waals surface area contributed by atoms with Crippen molar-refractivity contribution in [1.29, 1.82) is 0 Å². The lowest BCUT2D eigenvalue weighted by Crippen LogP contribution is -2.39. The molecule has 0 saturated heterocycles. The van der Waals surface area contributed by atoms with Crippen LogP contribution in [-0.2, 0) is 16.8 Å². The van der Waals surface area contributed by atoms with E-state index in [-0.39, 0.29) is 11.3 Å². The number of benzene rings is 2. The molecule has 1 aliphatic carbocycles. The zero-order chi connectivity index (χ0) is 21.7. The molecule has 1 heterocycles. The Morgan fingerprint density at radius 2 is 1.87 bits per heavy atom. The minimum absolute atomic E-state index is 0.0333. The first kappa shape index (κ1) is 21.3. The van der Waals surface area contributed by atoms with Gasteiger partial charge in [-0.2, -0.15) is 5.10 Å². The number of hydrogen-bond donors (Lipinski definition) is 2. The molecule has 1 amide bonds. The van der Waals surface area contributed by atoms with Crippen LogP contribution in [0.3, 0.4) is 0 Å². The number of aromatic amines is 1. The number of carbonyl (C=O) groups is 1. The molecule has 4 rings (SSSR count). The molecule has 1 fully saturated rings. The van der Waals surface area contributed by atoms with Crippen LogP contribution in [-0.4, -0.2) is 34.3 Å². The van der Waals surface area contributed by atoms with Gasteiger partial charge in [-0.3, -0.25) is 14.5 Å². The first-order valence-electron chi connectivity index (χ1n) is 10.7. The molecule has 31 heavy (non-hydrogen) atoms. The number of nitrogens with one attached hydrogen (secondary N) is 2. The SMILES string of the molecule is COc1ccc(-c2n[nH]c(=S)n2CCC(=O)NCC2(c3ccccc3)CCCC2)cc1. The van der Waals surface area contributed by atoms with E-state index < -0.39 is 0 Å². The first-order valence-corrected chi connectivity index (χ1v) is 11.1.